The summed E-state index contributed by atoms with van der Waals surface area (Å²) in [5, 5.41) is 18.9. The van der Waals surface area contributed by atoms with Gasteiger partial charge >= 0.3 is 0 Å². The zero-order chi connectivity index (χ0) is 66.5. The molecule has 488 valence electrons. The fourth-order valence-corrected chi connectivity index (χ4v) is 15.7. The number of hydrogen-bond donors (Lipinski definition) is 2. The minimum absolute atomic E-state index is 0.0495. The van der Waals surface area contributed by atoms with Crippen molar-refractivity contribution in [2.24, 2.45) is 21.7 Å². The summed E-state index contributed by atoms with van der Waals surface area (Å²) in [7, 11) is 0. The van der Waals surface area contributed by atoms with Crippen LogP contribution in [0.15, 0.2) is 146 Å². The normalized spacial score (nSPS) is 20.0. The zero-order valence-corrected chi connectivity index (χ0v) is 55.7. The highest BCUT2D eigenvalue weighted by Gasteiger charge is 2.41. The van der Waals surface area contributed by atoms with Gasteiger partial charge < -0.3 is 10.2 Å². The Morgan fingerprint density at radius 1 is 0.304 bits per heavy atom. The van der Waals surface area contributed by atoms with Crippen molar-refractivity contribution in [1.82, 2.24) is 0 Å². The van der Waals surface area contributed by atoms with Crippen molar-refractivity contribution in [1.29, 1.82) is 0 Å². The first-order valence-electron chi connectivity index (χ1n) is 32.4. The summed E-state index contributed by atoms with van der Waals surface area (Å²) in [5.41, 5.74) is 12.7. The number of aliphatic hydroxyl groups excluding tert-OH is 2. The standard InChI is InChI=1S/2C20H21ClF2.2C20H22F2O/c2*1-20(2)9-3-4-18(20)16-10-13(12-21)5-7-15(16)17-11-14(22)6-8-19(17)23;2*1-20(2)9-3-4-18(20)16-10-13(12-23)5-7-15(16)17-11-14(21)6-8-19(17)22/h2*5-8,10-11,18H,3-4,9,12H2,1-2H3;2*5-8,10-11,18,23H,3-4,9,12H2,1-2H3/t4*18-/m1010/s1. The molecule has 4 saturated carbocycles. The minimum Gasteiger partial charge on any atom is -0.392 e. The van der Waals surface area contributed by atoms with E-state index in [0.29, 0.717) is 45.8 Å². The van der Waals surface area contributed by atoms with Crippen LogP contribution in [-0.4, -0.2) is 10.2 Å². The second kappa shape index (κ2) is 29.6. The van der Waals surface area contributed by atoms with Crippen LogP contribution in [0.4, 0.5) is 35.1 Å². The second-order valence-electron chi connectivity index (χ2n) is 28.5. The fourth-order valence-electron chi connectivity index (χ4n) is 15.4. The van der Waals surface area contributed by atoms with Crippen molar-refractivity contribution >= 4 is 23.2 Å². The molecule has 4 aliphatic rings. The Balaban J connectivity index is 0.000000145. The van der Waals surface area contributed by atoms with Gasteiger partial charge in [-0.25, -0.2) is 35.1 Å². The zero-order valence-electron chi connectivity index (χ0n) is 54.2. The number of alkyl halides is 2. The Bertz CT molecular complexity index is 3390. The van der Waals surface area contributed by atoms with Crippen LogP contribution in [0.3, 0.4) is 0 Å². The molecular weight excluding hydrogens is 1220 g/mol. The van der Waals surface area contributed by atoms with Gasteiger partial charge in [-0.2, -0.15) is 0 Å². The van der Waals surface area contributed by atoms with Crippen molar-refractivity contribution in [3.8, 4) is 44.5 Å². The average Bonchev–Trinajstić information content (AvgIpc) is 1.42. The van der Waals surface area contributed by atoms with Crippen molar-refractivity contribution < 1.29 is 45.3 Å². The van der Waals surface area contributed by atoms with Gasteiger partial charge in [-0.15, -0.1) is 23.2 Å². The summed E-state index contributed by atoms with van der Waals surface area (Å²) >= 11 is 12.0. The lowest BCUT2D eigenvalue weighted by Gasteiger charge is -2.29. The van der Waals surface area contributed by atoms with E-state index in [0.717, 1.165) is 168 Å². The molecule has 2 N–H and O–H groups in total. The molecule has 8 aromatic rings. The molecule has 0 aromatic heterocycles. The molecule has 92 heavy (non-hydrogen) atoms. The maximum absolute atomic E-state index is 14.3. The van der Waals surface area contributed by atoms with Crippen LogP contribution in [-0.2, 0) is 25.0 Å². The number of hydrogen-bond acceptors (Lipinski definition) is 2. The lowest BCUT2D eigenvalue weighted by atomic mass is 9.75. The Morgan fingerprint density at radius 3 is 0.717 bits per heavy atom. The van der Waals surface area contributed by atoms with Crippen LogP contribution < -0.4 is 0 Å². The van der Waals surface area contributed by atoms with E-state index in [2.05, 4.69) is 67.5 Å². The SMILES string of the molecule is CC1(C)CCC[C@@H]1c1cc(CCl)ccc1-c1cc(F)ccc1F.CC1(C)CCC[C@@H]1c1cc(CO)ccc1-c1cc(F)ccc1F.CC1(C)CCC[C@H]1c1cc(CCl)ccc1-c1cc(F)ccc1F.CC1(C)CCC[C@H]1c1cc(CO)ccc1-c1cc(F)ccc1F. The molecule has 2 nitrogen and oxygen atoms in total. The van der Waals surface area contributed by atoms with Crippen LogP contribution in [0.1, 0.15) is 201 Å². The van der Waals surface area contributed by atoms with E-state index >= 15 is 0 Å². The second-order valence-corrected chi connectivity index (χ2v) is 29.0. The van der Waals surface area contributed by atoms with E-state index in [-0.39, 0.29) is 58.3 Å². The predicted molar refractivity (Wildman–Crippen MR) is 360 cm³/mol. The lowest BCUT2D eigenvalue weighted by molar-refractivity contribution is 0.281. The van der Waals surface area contributed by atoms with Crippen LogP contribution in [0.5, 0.6) is 0 Å². The molecule has 4 aliphatic carbocycles. The van der Waals surface area contributed by atoms with Gasteiger partial charge in [-0.1, -0.05) is 154 Å². The molecule has 0 saturated heterocycles. The smallest absolute Gasteiger partial charge is 0.131 e. The predicted octanol–water partition coefficient (Wildman–Crippen LogP) is 24.2. The van der Waals surface area contributed by atoms with Crippen molar-refractivity contribution in [2.45, 2.75) is 181 Å². The molecule has 0 radical (unpaired) electrons. The van der Waals surface area contributed by atoms with E-state index in [1.165, 1.54) is 48.5 Å². The molecule has 12 heteroatoms. The highest BCUT2D eigenvalue weighted by molar-refractivity contribution is 6.17. The number of rotatable bonds is 12. The third-order valence-corrected chi connectivity index (χ3v) is 21.2. The Hall–Kier alpha value is -6.30. The van der Waals surface area contributed by atoms with Crippen LogP contribution in [0.2, 0.25) is 0 Å². The molecule has 0 bridgehead atoms. The highest BCUT2D eigenvalue weighted by Crippen LogP contribution is 2.55. The monoisotopic (exact) mass is 1300 g/mol. The largest absolute Gasteiger partial charge is 0.392 e. The van der Waals surface area contributed by atoms with Gasteiger partial charge in [-0.05, 0) is 236 Å². The molecule has 4 atom stereocenters. The highest BCUT2D eigenvalue weighted by atomic mass is 35.5. The molecular formula is C80H86Cl2F8O2. The van der Waals surface area contributed by atoms with Crippen LogP contribution in [0, 0.1) is 68.2 Å². The Labute approximate surface area is 549 Å². The minimum atomic E-state index is -0.440. The van der Waals surface area contributed by atoms with E-state index in [4.69, 9.17) is 23.2 Å². The first-order valence-corrected chi connectivity index (χ1v) is 33.4. The summed E-state index contributed by atoms with van der Waals surface area (Å²) in [6.07, 6.45) is 13.3. The first kappa shape index (κ1) is 70.0. The Kier molecular flexibility index (Phi) is 22.5. The topological polar surface area (TPSA) is 40.5 Å². The molecule has 0 aliphatic heterocycles. The van der Waals surface area contributed by atoms with Gasteiger partial charge in [-0.3, -0.25) is 0 Å². The Morgan fingerprint density at radius 2 is 0.522 bits per heavy atom. The van der Waals surface area contributed by atoms with Gasteiger partial charge in [0.2, 0.25) is 0 Å². The van der Waals surface area contributed by atoms with Gasteiger partial charge in [0.05, 0.1) is 13.2 Å². The molecule has 0 spiro atoms. The maximum atomic E-state index is 14.3. The summed E-state index contributed by atoms with van der Waals surface area (Å²) in [6.45, 7) is 17.8. The molecule has 4 fully saturated rings. The van der Waals surface area contributed by atoms with Crippen LogP contribution in [0.25, 0.3) is 44.5 Å². The van der Waals surface area contributed by atoms with Crippen molar-refractivity contribution in [2.75, 3.05) is 0 Å². The van der Waals surface area contributed by atoms with Crippen molar-refractivity contribution in [3.63, 3.8) is 0 Å². The van der Waals surface area contributed by atoms with E-state index in [9.17, 15) is 45.3 Å². The van der Waals surface area contributed by atoms with E-state index in [1.54, 1.807) is 12.1 Å². The molecule has 0 amide bonds. The molecule has 8 aromatic carbocycles. The van der Waals surface area contributed by atoms with Gasteiger partial charge in [0.25, 0.3) is 0 Å². The van der Waals surface area contributed by atoms with E-state index < -0.39 is 34.9 Å². The summed E-state index contributed by atoms with van der Waals surface area (Å²) < 4.78 is 112. The molecule has 0 unspecified atom stereocenters. The molecule has 12 rings (SSSR count). The molecule has 0 heterocycles. The number of halogens is 10. The summed E-state index contributed by atoms with van der Waals surface area (Å²) in [6, 6.07) is 37.3. The number of benzene rings is 8. The van der Waals surface area contributed by atoms with Gasteiger partial charge in [0.15, 0.2) is 0 Å². The third-order valence-electron chi connectivity index (χ3n) is 20.5. The summed E-state index contributed by atoms with van der Waals surface area (Å²) in [4.78, 5) is 0. The van der Waals surface area contributed by atoms with Crippen LogP contribution >= 0.6 is 23.2 Å². The quantitative estimate of drug-likeness (QED) is 0.0945. The van der Waals surface area contributed by atoms with Gasteiger partial charge in [0, 0.05) is 34.0 Å². The van der Waals surface area contributed by atoms with E-state index in [1.807, 2.05) is 48.5 Å². The number of aliphatic hydroxyl groups is 2. The third kappa shape index (κ3) is 15.9. The lowest BCUT2D eigenvalue weighted by Crippen LogP contribution is -2.16. The van der Waals surface area contributed by atoms with Gasteiger partial charge in [0.1, 0.15) is 46.5 Å². The summed E-state index contributed by atoms with van der Waals surface area (Å²) in [5.74, 6) is -1.24. The average molecular weight is 1300 g/mol. The fraction of sp³-hybridized carbons (Fsp3) is 0.400. The van der Waals surface area contributed by atoms with Crippen molar-refractivity contribution in [3.05, 3.63) is 237 Å². The maximum Gasteiger partial charge on any atom is 0.131 e. The first-order chi connectivity index (χ1) is 43.7.